The Hall–Kier alpha value is -1.75. The predicted molar refractivity (Wildman–Crippen MR) is 71.2 cm³/mol. The molecule has 0 bridgehead atoms. The van der Waals surface area contributed by atoms with Gasteiger partial charge in [0.15, 0.2) is 0 Å². The van der Waals surface area contributed by atoms with E-state index in [1.807, 2.05) is 0 Å². The number of benzene rings is 1. The molecule has 1 fully saturated rings. The van der Waals surface area contributed by atoms with Gasteiger partial charge in [0, 0.05) is 23.8 Å². The van der Waals surface area contributed by atoms with E-state index in [9.17, 15) is 9.90 Å². The van der Waals surface area contributed by atoms with Gasteiger partial charge < -0.3 is 21.9 Å². The highest BCUT2D eigenvalue weighted by atomic mass is 16.3. The van der Waals surface area contributed by atoms with E-state index >= 15 is 0 Å². The maximum absolute atomic E-state index is 11.3. The number of hydrogen-bond donors (Lipinski definition) is 4. The van der Waals surface area contributed by atoms with Gasteiger partial charge in [0.1, 0.15) is 0 Å². The van der Waals surface area contributed by atoms with Gasteiger partial charge in [0.25, 0.3) is 5.91 Å². The molecular formula is C13H19N3O2. The Morgan fingerprint density at radius 1 is 1.44 bits per heavy atom. The molecule has 1 aromatic carbocycles. The second-order valence-corrected chi connectivity index (χ2v) is 4.81. The summed E-state index contributed by atoms with van der Waals surface area (Å²) >= 11 is 0. The molecule has 1 saturated carbocycles. The van der Waals surface area contributed by atoms with Crippen LogP contribution in [0.1, 0.15) is 29.6 Å². The summed E-state index contributed by atoms with van der Waals surface area (Å²) in [5.74, 6) is -0.253. The van der Waals surface area contributed by atoms with Crippen LogP contribution < -0.4 is 16.8 Å². The van der Waals surface area contributed by atoms with Gasteiger partial charge in [-0.15, -0.1) is 0 Å². The van der Waals surface area contributed by atoms with Crippen LogP contribution in [0.5, 0.6) is 0 Å². The van der Waals surface area contributed by atoms with Crippen LogP contribution in [-0.4, -0.2) is 23.7 Å². The third-order valence-electron chi connectivity index (χ3n) is 3.48. The van der Waals surface area contributed by atoms with Crippen LogP contribution in [0.3, 0.4) is 0 Å². The summed E-state index contributed by atoms with van der Waals surface area (Å²) in [6, 6.07) is 4.96. The lowest BCUT2D eigenvalue weighted by Gasteiger charge is -2.17. The molecule has 1 aliphatic carbocycles. The first-order valence-corrected chi connectivity index (χ1v) is 6.19. The average molecular weight is 249 g/mol. The molecule has 0 saturated heterocycles. The van der Waals surface area contributed by atoms with E-state index in [0.717, 1.165) is 19.3 Å². The number of carbonyl (C=O) groups excluding carboxylic acids is 1. The molecular weight excluding hydrogens is 230 g/mol. The Kier molecular flexibility index (Phi) is 3.72. The Bertz CT molecular complexity index is 448. The van der Waals surface area contributed by atoms with Crippen LogP contribution in [0.25, 0.3) is 0 Å². The summed E-state index contributed by atoms with van der Waals surface area (Å²) in [6.45, 7) is 0.630. The van der Waals surface area contributed by atoms with Crippen LogP contribution in [-0.2, 0) is 0 Å². The normalized spacial score (nSPS) is 22.9. The van der Waals surface area contributed by atoms with Gasteiger partial charge in [0.05, 0.1) is 11.7 Å². The number of amides is 1. The number of nitrogens with one attached hydrogen (secondary N) is 1. The van der Waals surface area contributed by atoms with E-state index in [1.54, 1.807) is 18.2 Å². The number of carbonyl (C=O) groups is 1. The first-order chi connectivity index (χ1) is 8.58. The molecule has 0 aliphatic heterocycles. The van der Waals surface area contributed by atoms with Crippen molar-refractivity contribution in [1.82, 2.24) is 0 Å². The molecule has 0 spiro atoms. The van der Waals surface area contributed by atoms with E-state index in [1.165, 1.54) is 0 Å². The first kappa shape index (κ1) is 12.7. The summed E-state index contributed by atoms with van der Waals surface area (Å²) in [4.78, 5) is 11.3. The summed E-state index contributed by atoms with van der Waals surface area (Å²) < 4.78 is 0. The molecule has 5 nitrogen and oxygen atoms in total. The summed E-state index contributed by atoms with van der Waals surface area (Å²) in [5, 5.41) is 12.9. The van der Waals surface area contributed by atoms with E-state index in [0.29, 0.717) is 23.5 Å². The largest absolute Gasteiger partial charge is 0.399 e. The van der Waals surface area contributed by atoms with Crippen molar-refractivity contribution in [2.24, 2.45) is 11.7 Å². The molecule has 1 amide bonds. The van der Waals surface area contributed by atoms with Crippen molar-refractivity contribution in [3.05, 3.63) is 23.8 Å². The number of hydrogen-bond acceptors (Lipinski definition) is 4. The van der Waals surface area contributed by atoms with Gasteiger partial charge in [-0.25, -0.2) is 0 Å². The minimum atomic E-state index is -0.482. The SMILES string of the molecule is NC(=O)c1ccc(N)cc1NCC1CCCC1O. The quantitative estimate of drug-likeness (QED) is 0.596. The van der Waals surface area contributed by atoms with Crippen LogP contribution in [0.4, 0.5) is 11.4 Å². The number of rotatable bonds is 4. The molecule has 1 aliphatic rings. The van der Waals surface area contributed by atoms with E-state index in [2.05, 4.69) is 5.32 Å². The third-order valence-corrected chi connectivity index (χ3v) is 3.48. The van der Waals surface area contributed by atoms with Gasteiger partial charge in [0.2, 0.25) is 0 Å². The number of aliphatic hydroxyl groups excluding tert-OH is 1. The van der Waals surface area contributed by atoms with Crippen molar-refractivity contribution in [1.29, 1.82) is 0 Å². The van der Waals surface area contributed by atoms with Gasteiger partial charge in [-0.05, 0) is 31.0 Å². The Morgan fingerprint density at radius 2 is 2.22 bits per heavy atom. The molecule has 98 valence electrons. The standard InChI is InChI=1S/C13H19N3O2/c14-9-4-5-10(13(15)18)11(6-9)16-7-8-2-1-3-12(8)17/h4-6,8,12,16-17H,1-3,7,14H2,(H2,15,18). The first-order valence-electron chi connectivity index (χ1n) is 6.19. The lowest BCUT2D eigenvalue weighted by molar-refractivity contribution is 0.100. The van der Waals surface area contributed by atoms with Crippen molar-refractivity contribution in [2.45, 2.75) is 25.4 Å². The topological polar surface area (TPSA) is 101 Å². The Morgan fingerprint density at radius 3 is 2.83 bits per heavy atom. The zero-order valence-electron chi connectivity index (χ0n) is 10.2. The lowest BCUT2D eigenvalue weighted by atomic mass is 10.1. The minimum Gasteiger partial charge on any atom is -0.399 e. The second-order valence-electron chi connectivity index (χ2n) is 4.81. The number of nitrogens with two attached hydrogens (primary N) is 2. The van der Waals surface area contributed by atoms with Crippen molar-refractivity contribution in [3.8, 4) is 0 Å². The van der Waals surface area contributed by atoms with Crippen molar-refractivity contribution >= 4 is 17.3 Å². The maximum atomic E-state index is 11.3. The van der Waals surface area contributed by atoms with Gasteiger partial charge in [-0.2, -0.15) is 0 Å². The van der Waals surface area contributed by atoms with Crippen LogP contribution >= 0.6 is 0 Å². The highest BCUT2D eigenvalue weighted by Gasteiger charge is 2.25. The number of primary amides is 1. The Labute approximate surface area is 106 Å². The van der Waals surface area contributed by atoms with Crippen molar-refractivity contribution < 1.29 is 9.90 Å². The number of aliphatic hydroxyl groups is 1. The van der Waals surface area contributed by atoms with Crippen LogP contribution in [0, 0.1) is 5.92 Å². The van der Waals surface area contributed by atoms with Crippen LogP contribution in [0.2, 0.25) is 0 Å². The molecule has 6 N–H and O–H groups in total. The fraction of sp³-hybridized carbons (Fsp3) is 0.462. The third kappa shape index (κ3) is 2.73. The van der Waals surface area contributed by atoms with E-state index in [4.69, 9.17) is 11.5 Å². The van der Waals surface area contributed by atoms with Crippen LogP contribution in [0.15, 0.2) is 18.2 Å². The zero-order chi connectivity index (χ0) is 13.1. The maximum Gasteiger partial charge on any atom is 0.250 e. The van der Waals surface area contributed by atoms with E-state index in [-0.39, 0.29) is 12.0 Å². The molecule has 0 radical (unpaired) electrons. The molecule has 2 atom stereocenters. The predicted octanol–water partition coefficient (Wildman–Crippen LogP) is 0.941. The zero-order valence-corrected chi connectivity index (χ0v) is 10.2. The van der Waals surface area contributed by atoms with Gasteiger partial charge in [-0.3, -0.25) is 4.79 Å². The Balaban J connectivity index is 2.08. The molecule has 0 heterocycles. The molecule has 18 heavy (non-hydrogen) atoms. The highest BCUT2D eigenvalue weighted by molar-refractivity contribution is 5.99. The lowest BCUT2D eigenvalue weighted by Crippen LogP contribution is -2.23. The molecule has 2 unspecified atom stereocenters. The van der Waals surface area contributed by atoms with E-state index < -0.39 is 5.91 Å². The van der Waals surface area contributed by atoms with Gasteiger partial charge in [-0.1, -0.05) is 6.42 Å². The minimum absolute atomic E-state index is 0.229. The average Bonchev–Trinajstić information content (AvgIpc) is 2.72. The molecule has 1 aromatic rings. The molecule has 5 heteroatoms. The molecule has 0 aromatic heterocycles. The summed E-state index contributed by atoms with van der Waals surface area (Å²) in [5.41, 5.74) is 12.6. The monoisotopic (exact) mass is 249 g/mol. The fourth-order valence-electron chi connectivity index (χ4n) is 2.42. The van der Waals surface area contributed by atoms with Gasteiger partial charge >= 0.3 is 0 Å². The highest BCUT2D eigenvalue weighted by Crippen LogP contribution is 2.27. The second kappa shape index (κ2) is 5.27. The number of anilines is 2. The summed E-state index contributed by atoms with van der Waals surface area (Å²) in [7, 11) is 0. The van der Waals surface area contributed by atoms with Crippen molar-refractivity contribution in [2.75, 3.05) is 17.6 Å². The summed E-state index contributed by atoms with van der Waals surface area (Å²) in [6.07, 6.45) is 2.65. The van der Waals surface area contributed by atoms with Crippen molar-refractivity contribution in [3.63, 3.8) is 0 Å². The number of nitrogen functional groups attached to an aromatic ring is 1. The molecule has 2 rings (SSSR count). The smallest absolute Gasteiger partial charge is 0.250 e. The fourth-order valence-corrected chi connectivity index (χ4v) is 2.42.